The molecule has 0 saturated carbocycles. The van der Waals surface area contributed by atoms with Gasteiger partial charge in [0, 0.05) is 28.8 Å². The topological polar surface area (TPSA) is 67.4 Å². The molecule has 5 nitrogen and oxygen atoms in total. The fourth-order valence-corrected chi connectivity index (χ4v) is 3.52. The highest BCUT2D eigenvalue weighted by molar-refractivity contribution is 8.00. The monoisotopic (exact) mass is 386 g/mol. The number of nitrogens with one attached hydrogen (secondary N) is 2. The van der Waals surface area contributed by atoms with Crippen LogP contribution in [0, 0.1) is 0 Å². The fraction of sp³-hybridized carbons (Fsp3) is 0.333. The summed E-state index contributed by atoms with van der Waals surface area (Å²) in [5, 5.41) is 5.59. The van der Waals surface area contributed by atoms with Gasteiger partial charge in [-0.25, -0.2) is 0 Å². The number of hydrogen-bond donors (Lipinski definition) is 2. The van der Waals surface area contributed by atoms with Crippen molar-refractivity contribution in [3.63, 3.8) is 0 Å². The summed E-state index contributed by atoms with van der Waals surface area (Å²) >= 11 is 1.49. The molecule has 2 aromatic rings. The smallest absolute Gasteiger partial charge is 0.237 e. The van der Waals surface area contributed by atoms with E-state index in [1.54, 1.807) is 13.2 Å². The molecular weight excluding hydrogens is 360 g/mol. The van der Waals surface area contributed by atoms with E-state index < -0.39 is 0 Å². The summed E-state index contributed by atoms with van der Waals surface area (Å²) in [6, 6.07) is 14.9. The largest absolute Gasteiger partial charge is 0.497 e. The van der Waals surface area contributed by atoms with Crippen LogP contribution >= 0.6 is 11.8 Å². The van der Waals surface area contributed by atoms with E-state index in [-0.39, 0.29) is 17.1 Å². The van der Waals surface area contributed by atoms with Crippen LogP contribution in [0.5, 0.6) is 5.75 Å². The van der Waals surface area contributed by atoms with Gasteiger partial charge >= 0.3 is 0 Å². The first kappa shape index (κ1) is 20.8. The van der Waals surface area contributed by atoms with Gasteiger partial charge in [0.1, 0.15) is 5.75 Å². The number of amides is 2. The Kier molecular flexibility index (Phi) is 8.20. The zero-order valence-corrected chi connectivity index (χ0v) is 16.8. The van der Waals surface area contributed by atoms with Gasteiger partial charge in [0.05, 0.1) is 12.4 Å². The summed E-state index contributed by atoms with van der Waals surface area (Å²) in [4.78, 5) is 25.4. The lowest BCUT2D eigenvalue weighted by Gasteiger charge is -2.16. The van der Waals surface area contributed by atoms with Crippen LogP contribution in [-0.4, -0.2) is 24.2 Å². The Morgan fingerprint density at radius 1 is 1.04 bits per heavy atom. The molecule has 0 heterocycles. The first-order valence-corrected chi connectivity index (χ1v) is 9.95. The Balaban J connectivity index is 2.02. The maximum Gasteiger partial charge on any atom is 0.237 e. The predicted octanol–water partition coefficient (Wildman–Crippen LogP) is 4.94. The Morgan fingerprint density at radius 3 is 2.41 bits per heavy atom. The van der Waals surface area contributed by atoms with Gasteiger partial charge < -0.3 is 15.4 Å². The molecule has 0 aliphatic heterocycles. The molecule has 0 aliphatic carbocycles. The molecule has 2 rings (SSSR count). The summed E-state index contributed by atoms with van der Waals surface area (Å²) in [6.45, 7) is 3.95. The molecule has 27 heavy (non-hydrogen) atoms. The lowest BCUT2D eigenvalue weighted by atomic mass is 10.2. The number of carbonyl (C=O) groups excluding carboxylic acids is 2. The lowest BCUT2D eigenvalue weighted by Crippen LogP contribution is -2.24. The second-order valence-corrected chi connectivity index (χ2v) is 7.34. The number of carbonyl (C=O) groups is 2. The van der Waals surface area contributed by atoms with Crippen molar-refractivity contribution in [2.75, 3.05) is 17.7 Å². The van der Waals surface area contributed by atoms with Gasteiger partial charge in [0.25, 0.3) is 0 Å². The molecule has 0 radical (unpaired) electrons. The first-order chi connectivity index (χ1) is 13.0. The third-order valence-electron chi connectivity index (χ3n) is 3.87. The Labute approximate surface area is 164 Å². The van der Waals surface area contributed by atoms with E-state index in [9.17, 15) is 9.59 Å². The summed E-state index contributed by atoms with van der Waals surface area (Å²) in [5.41, 5.74) is 1.46. The van der Waals surface area contributed by atoms with Crippen LogP contribution < -0.4 is 15.4 Å². The molecule has 144 valence electrons. The molecule has 1 unspecified atom stereocenters. The van der Waals surface area contributed by atoms with Crippen molar-refractivity contribution >= 4 is 35.0 Å². The molecule has 0 aromatic heterocycles. The van der Waals surface area contributed by atoms with E-state index in [1.165, 1.54) is 11.8 Å². The maximum absolute atomic E-state index is 12.7. The number of methoxy groups -OCH3 is 1. The molecule has 0 bridgehead atoms. The minimum absolute atomic E-state index is 0.00228. The van der Waals surface area contributed by atoms with E-state index in [4.69, 9.17) is 4.74 Å². The van der Waals surface area contributed by atoms with Crippen molar-refractivity contribution in [1.29, 1.82) is 0 Å². The molecule has 6 heteroatoms. The zero-order valence-electron chi connectivity index (χ0n) is 16.0. The van der Waals surface area contributed by atoms with Crippen LogP contribution in [0.3, 0.4) is 0 Å². The minimum atomic E-state index is -0.238. The molecule has 2 aromatic carbocycles. The van der Waals surface area contributed by atoms with Gasteiger partial charge in [0.2, 0.25) is 11.8 Å². The summed E-state index contributed by atoms with van der Waals surface area (Å²) < 4.78 is 5.19. The summed E-state index contributed by atoms with van der Waals surface area (Å²) in [5.74, 6) is 0.641. The zero-order chi connectivity index (χ0) is 19.6. The first-order valence-electron chi connectivity index (χ1n) is 9.07. The van der Waals surface area contributed by atoms with Gasteiger partial charge in [-0.2, -0.15) is 0 Å². The van der Waals surface area contributed by atoms with E-state index in [2.05, 4.69) is 10.6 Å². The number of anilines is 2. The standard InChI is InChI=1S/C21H26N2O3S/c1-4-8-20(24)22-16-10-7-12-18(14-16)27-19(5-2)21(25)23-15-9-6-11-17(13-15)26-3/h6-7,9-14,19H,4-5,8H2,1-3H3,(H,22,24)(H,23,25). The SMILES string of the molecule is CCCC(=O)Nc1cccc(SC(CC)C(=O)Nc2cccc(OC)c2)c1. The van der Waals surface area contributed by atoms with Crippen molar-refractivity contribution in [3.05, 3.63) is 48.5 Å². The average Bonchev–Trinajstić information content (AvgIpc) is 2.66. The van der Waals surface area contributed by atoms with E-state index in [0.717, 1.165) is 17.0 Å². The normalized spacial score (nSPS) is 11.5. The van der Waals surface area contributed by atoms with Crippen LogP contribution in [0.25, 0.3) is 0 Å². The highest BCUT2D eigenvalue weighted by Crippen LogP contribution is 2.29. The Hall–Kier alpha value is -2.47. The maximum atomic E-state index is 12.7. The van der Waals surface area contributed by atoms with E-state index in [1.807, 2.05) is 56.3 Å². The minimum Gasteiger partial charge on any atom is -0.497 e. The Morgan fingerprint density at radius 2 is 1.74 bits per heavy atom. The van der Waals surface area contributed by atoms with Crippen LogP contribution in [0.1, 0.15) is 33.1 Å². The number of benzene rings is 2. The van der Waals surface area contributed by atoms with Crippen LogP contribution in [-0.2, 0) is 9.59 Å². The fourth-order valence-electron chi connectivity index (χ4n) is 2.51. The molecular formula is C21H26N2O3S. The number of hydrogen-bond acceptors (Lipinski definition) is 4. The van der Waals surface area contributed by atoms with Gasteiger partial charge in [-0.05, 0) is 43.2 Å². The second-order valence-electron chi connectivity index (χ2n) is 6.06. The van der Waals surface area contributed by atoms with Crippen molar-refractivity contribution in [2.24, 2.45) is 0 Å². The number of ether oxygens (including phenoxy) is 1. The second kappa shape index (κ2) is 10.6. The van der Waals surface area contributed by atoms with Gasteiger partial charge in [-0.1, -0.05) is 26.0 Å². The average molecular weight is 387 g/mol. The number of thioether (sulfide) groups is 1. The summed E-state index contributed by atoms with van der Waals surface area (Å²) in [7, 11) is 1.60. The quantitative estimate of drug-likeness (QED) is 0.599. The highest BCUT2D eigenvalue weighted by Gasteiger charge is 2.18. The summed E-state index contributed by atoms with van der Waals surface area (Å²) in [6.07, 6.45) is 1.99. The van der Waals surface area contributed by atoms with Crippen molar-refractivity contribution in [2.45, 2.75) is 43.3 Å². The van der Waals surface area contributed by atoms with Crippen molar-refractivity contribution in [3.8, 4) is 5.75 Å². The molecule has 0 fully saturated rings. The predicted molar refractivity (Wildman–Crippen MR) is 112 cm³/mol. The van der Waals surface area contributed by atoms with E-state index in [0.29, 0.717) is 24.3 Å². The molecule has 2 N–H and O–H groups in total. The van der Waals surface area contributed by atoms with Crippen LogP contribution in [0.4, 0.5) is 11.4 Å². The molecule has 0 saturated heterocycles. The number of rotatable bonds is 9. The van der Waals surface area contributed by atoms with Crippen LogP contribution in [0.2, 0.25) is 0 Å². The third-order valence-corrected chi connectivity index (χ3v) is 5.23. The van der Waals surface area contributed by atoms with Gasteiger partial charge in [-0.15, -0.1) is 11.8 Å². The van der Waals surface area contributed by atoms with Gasteiger partial charge in [0.15, 0.2) is 0 Å². The highest BCUT2D eigenvalue weighted by atomic mass is 32.2. The molecule has 0 spiro atoms. The molecule has 0 aliphatic rings. The van der Waals surface area contributed by atoms with E-state index >= 15 is 0 Å². The lowest BCUT2D eigenvalue weighted by molar-refractivity contribution is -0.116. The Bertz CT molecular complexity index is 780. The molecule has 1 atom stereocenters. The molecule has 2 amide bonds. The van der Waals surface area contributed by atoms with Crippen molar-refractivity contribution in [1.82, 2.24) is 0 Å². The van der Waals surface area contributed by atoms with Crippen molar-refractivity contribution < 1.29 is 14.3 Å². The third kappa shape index (κ3) is 6.64. The van der Waals surface area contributed by atoms with Gasteiger partial charge in [-0.3, -0.25) is 9.59 Å². The van der Waals surface area contributed by atoms with Crippen LogP contribution in [0.15, 0.2) is 53.4 Å².